The third-order valence-corrected chi connectivity index (χ3v) is 5.59. The number of fused-ring (bicyclic) bond motifs is 1. The Labute approximate surface area is 193 Å². The van der Waals surface area contributed by atoms with Gasteiger partial charge in [0.15, 0.2) is 0 Å². The molecular weight excluding hydrogens is 428 g/mol. The third-order valence-electron chi connectivity index (χ3n) is 5.36. The topological polar surface area (TPSA) is 77.3 Å². The van der Waals surface area contributed by atoms with E-state index in [1.54, 1.807) is 42.1 Å². The van der Waals surface area contributed by atoms with E-state index in [9.17, 15) is 9.59 Å². The minimum absolute atomic E-state index is 0.00808. The Balaban J connectivity index is 1.97. The van der Waals surface area contributed by atoms with Gasteiger partial charge in [0.2, 0.25) is 11.7 Å². The number of carbonyl (C=O) groups is 2. The lowest BCUT2D eigenvalue weighted by Gasteiger charge is -2.22. The maximum atomic E-state index is 13.2. The minimum Gasteiger partial charge on any atom is -0.497 e. The smallest absolute Gasteiger partial charge is 0.244 e. The summed E-state index contributed by atoms with van der Waals surface area (Å²) in [5.41, 5.74) is 1.33. The molecule has 0 aliphatic carbocycles. The Hall–Kier alpha value is -2.93. The van der Waals surface area contributed by atoms with E-state index in [0.717, 1.165) is 38.8 Å². The Morgan fingerprint density at radius 1 is 1.09 bits per heavy atom. The quantitative estimate of drug-likeness (QED) is 0.307. The monoisotopic (exact) mass is 456 g/mol. The molecule has 1 amide bonds. The SMILES string of the molecule is CCCCN(CCCC)C(=O)Cn1nc(C(=O)c2ccc(Cl)nc2)c2ccc(OC)cc21. The average molecular weight is 457 g/mol. The van der Waals surface area contributed by atoms with Gasteiger partial charge in [0.25, 0.3) is 0 Å². The van der Waals surface area contributed by atoms with Crippen LogP contribution >= 0.6 is 11.6 Å². The van der Waals surface area contributed by atoms with Crippen LogP contribution in [-0.4, -0.2) is 51.6 Å². The highest BCUT2D eigenvalue weighted by atomic mass is 35.5. The molecule has 0 fully saturated rings. The highest BCUT2D eigenvalue weighted by Crippen LogP contribution is 2.26. The zero-order chi connectivity index (χ0) is 23.1. The maximum Gasteiger partial charge on any atom is 0.244 e. The van der Waals surface area contributed by atoms with E-state index >= 15 is 0 Å². The van der Waals surface area contributed by atoms with E-state index in [-0.39, 0.29) is 23.9 Å². The number of hydrogen-bond donors (Lipinski definition) is 0. The van der Waals surface area contributed by atoms with Crippen LogP contribution in [0.25, 0.3) is 10.9 Å². The van der Waals surface area contributed by atoms with Gasteiger partial charge in [-0.3, -0.25) is 14.3 Å². The summed E-state index contributed by atoms with van der Waals surface area (Å²) in [4.78, 5) is 32.2. The van der Waals surface area contributed by atoms with E-state index in [0.29, 0.717) is 27.4 Å². The number of pyridine rings is 1. The first-order chi connectivity index (χ1) is 15.5. The molecule has 0 saturated carbocycles. The highest BCUT2D eigenvalue weighted by Gasteiger charge is 2.22. The zero-order valence-corrected chi connectivity index (χ0v) is 19.6. The second-order valence-corrected chi connectivity index (χ2v) is 8.06. The van der Waals surface area contributed by atoms with Crippen LogP contribution in [0, 0.1) is 0 Å². The van der Waals surface area contributed by atoms with Crippen molar-refractivity contribution in [3.05, 3.63) is 52.9 Å². The van der Waals surface area contributed by atoms with Gasteiger partial charge in [-0.25, -0.2) is 4.98 Å². The number of carbonyl (C=O) groups excluding carboxylic acids is 2. The molecule has 0 aliphatic heterocycles. The molecule has 0 spiro atoms. The molecule has 0 saturated heterocycles. The molecular formula is C24H29ClN4O3. The first-order valence-corrected chi connectivity index (χ1v) is 11.3. The fourth-order valence-electron chi connectivity index (χ4n) is 3.50. The van der Waals surface area contributed by atoms with Crippen molar-refractivity contribution in [2.24, 2.45) is 0 Å². The van der Waals surface area contributed by atoms with Crippen molar-refractivity contribution in [2.75, 3.05) is 20.2 Å². The van der Waals surface area contributed by atoms with Crippen molar-refractivity contribution in [1.29, 1.82) is 0 Å². The first-order valence-electron chi connectivity index (χ1n) is 11.0. The van der Waals surface area contributed by atoms with Gasteiger partial charge in [-0.2, -0.15) is 5.10 Å². The van der Waals surface area contributed by atoms with Crippen LogP contribution in [0.3, 0.4) is 0 Å². The summed E-state index contributed by atoms with van der Waals surface area (Å²) < 4.78 is 6.96. The van der Waals surface area contributed by atoms with E-state index < -0.39 is 0 Å². The van der Waals surface area contributed by atoms with Crippen LogP contribution in [0.2, 0.25) is 5.15 Å². The molecule has 0 N–H and O–H groups in total. The van der Waals surface area contributed by atoms with Crippen molar-refractivity contribution in [2.45, 2.75) is 46.1 Å². The van der Waals surface area contributed by atoms with Gasteiger partial charge in [-0.15, -0.1) is 0 Å². The maximum absolute atomic E-state index is 13.2. The van der Waals surface area contributed by atoms with Crippen LogP contribution < -0.4 is 4.74 Å². The zero-order valence-electron chi connectivity index (χ0n) is 18.8. The molecule has 0 unspecified atom stereocenters. The second-order valence-electron chi connectivity index (χ2n) is 7.68. The number of unbranched alkanes of at least 4 members (excludes halogenated alkanes) is 2. The summed E-state index contributed by atoms with van der Waals surface area (Å²) >= 11 is 5.86. The van der Waals surface area contributed by atoms with Gasteiger partial charge < -0.3 is 9.64 Å². The van der Waals surface area contributed by atoms with E-state index in [4.69, 9.17) is 16.3 Å². The number of hydrogen-bond acceptors (Lipinski definition) is 5. The normalized spacial score (nSPS) is 11.0. The fraction of sp³-hybridized carbons (Fsp3) is 0.417. The number of aromatic nitrogens is 3. The Kier molecular flexibility index (Phi) is 8.22. The number of halogens is 1. The number of rotatable bonds is 11. The molecule has 3 rings (SSSR count). The van der Waals surface area contributed by atoms with Crippen molar-refractivity contribution in [3.8, 4) is 5.75 Å². The van der Waals surface area contributed by atoms with Gasteiger partial charge in [-0.1, -0.05) is 38.3 Å². The van der Waals surface area contributed by atoms with Gasteiger partial charge in [-0.05, 0) is 37.1 Å². The van der Waals surface area contributed by atoms with E-state index in [1.165, 1.54) is 6.20 Å². The Morgan fingerprint density at radius 3 is 2.41 bits per heavy atom. The highest BCUT2D eigenvalue weighted by molar-refractivity contribution is 6.29. The Bertz CT molecular complexity index is 1070. The molecule has 32 heavy (non-hydrogen) atoms. The molecule has 2 heterocycles. The van der Waals surface area contributed by atoms with Crippen LogP contribution in [0.5, 0.6) is 5.75 Å². The number of ketones is 1. The summed E-state index contributed by atoms with van der Waals surface area (Å²) in [5, 5.41) is 5.52. The molecule has 0 bridgehead atoms. The lowest BCUT2D eigenvalue weighted by atomic mass is 10.1. The number of benzene rings is 1. The van der Waals surface area contributed by atoms with Crippen LogP contribution in [0.15, 0.2) is 36.5 Å². The summed E-state index contributed by atoms with van der Waals surface area (Å²) in [6.07, 6.45) is 5.38. The van der Waals surface area contributed by atoms with Crippen molar-refractivity contribution in [3.63, 3.8) is 0 Å². The number of amides is 1. The molecule has 170 valence electrons. The third kappa shape index (κ3) is 5.46. The van der Waals surface area contributed by atoms with Crippen LogP contribution in [0.1, 0.15) is 55.6 Å². The molecule has 1 aromatic carbocycles. The van der Waals surface area contributed by atoms with Gasteiger partial charge in [0, 0.05) is 36.3 Å². The van der Waals surface area contributed by atoms with Crippen molar-refractivity contribution >= 4 is 34.2 Å². The lowest BCUT2D eigenvalue weighted by Crippen LogP contribution is -2.35. The van der Waals surface area contributed by atoms with E-state index in [1.807, 2.05) is 4.90 Å². The molecule has 7 nitrogen and oxygen atoms in total. The van der Waals surface area contributed by atoms with Crippen LogP contribution in [0.4, 0.5) is 0 Å². The van der Waals surface area contributed by atoms with E-state index in [2.05, 4.69) is 23.9 Å². The van der Waals surface area contributed by atoms with Gasteiger partial charge >= 0.3 is 0 Å². The second kappa shape index (κ2) is 11.1. The van der Waals surface area contributed by atoms with Crippen molar-refractivity contribution < 1.29 is 14.3 Å². The Morgan fingerprint density at radius 2 is 1.81 bits per heavy atom. The molecule has 3 aromatic rings. The van der Waals surface area contributed by atoms with Gasteiger partial charge in [0.05, 0.1) is 12.6 Å². The predicted octanol–water partition coefficient (Wildman–Crippen LogP) is 4.75. The fourth-order valence-corrected chi connectivity index (χ4v) is 3.61. The van der Waals surface area contributed by atoms with Gasteiger partial charge in [0.1, 0.15) is 23.1 Å². The molecule has 0 aliphatic rings. The minimum atomic E-state index is -0.274. The summed E-state index contributed by atoms with van der Waals surface area (Å²) in [7, 11) is 1.58. The molecule has 2 aromatic heterocycles. The number of nitrogens with zero attached hydrogens (tertiary/aromatic N) is 4. The number of methoxy groups -OCH3 is 1. The predicted molar refractivity (Wildman–Crippen MR) is 125 cm³/mol. The summed E-state index contributed by atoms with van der Waals surface area (Å²) in [6.45, 7) is 5.72. The standard InChI is InChI=1S/C24H29ClN4O3/c1-4-6-12-28(13-7-5-2)22(30)16-29-20-14-18(32-3)9-10-19(20)23(27-29)24(31)17-8-11-21(25)26-15-17/h8-11,14-15H,4-7,12-13,16H2,1-3H3. The molecule has 0 atom stereocenters. The van der Waals surface area contributed by atoms with Crippen LogP contribution in [-0.2, 0) is 11.3 Å². The largest absolute Gasteiger partial charge is 0.497 e. The summed E-state index contributed by atoms with van der Waals surface area (Å²) in [5.74, 6) is 0.350. The van der Waals surface area contributed by atoms with Crippen molar-refractivity contribution in [1.82, 2.24) is 19.7 Å². The first kappa shape index (κ1) is 23.7. The average Bonchev–Trinajstić information content (AvgIpc) is 3.16. The molecule has 0 radical (unpaired) electrons. The molecule has 8 heteroatoms. The number of ether oxygens (including phenoxy) is 1. The lowest BCUT2D eigenvalue weighted by molar-refractivity contribution is -0.132. The summed E-state index contributed by atoms with van der Waals surface area (Å²) in [6, 6.07) is 8.57.